The van der Waals surface area contributed by atoms with Crippen molar-refractivity contribution in [2.24, 2.45) is 5.92 Å². The summed E-state index contributed by atoms with van der Waals surface area (Å²) in [7, 11) is 0. The summed E-state index contributed by atoms with van der Waals surface area (Å²) in [6.07, 6.45) is 1.61. The topological polar surface area (TPSA) is 52.6 Å². The molecule has 0 radical (unpaired) electrons. The number of nitrogens with zero attached hydrogens (tertiary/aromatic N) is 1. The lowest BCUT2D eigenvalue weighted by Gasteiger charge is -2.34. The molecule has 1 fully saturated rings. The number of piperidine rings is 1. The molecule has 1 saturated heterocycles. The Morgan fingerprint density at radius 2 is 2.00 bits per heavy atom. The smallest absolute Gasteiger partial charge is 0.317 e. The average molecular weight is 304 g/mol. The molecule has 2 amide bonds. The van der Waals surface area contributed by atoms with E-state index in [2.05, 4.69) is 38.2 Å². The monoisotopic (exact) mass is 304 g/mol. The Hall–Kier alpha value is -1.55. The molecule has 1 heterocycles. The molecule has 1 aromatic carbocycles. The molecule has 122 valence electrons. The van der Waals surface area contributed by atoms with Crippen LogP contribution in [-0.2, 0) is 6.54 Å². The molecule has 1 aliphatic rings. The van der Waals surface area contributed by atoms with Crippen molar-refractivity contribution in [1.82, 2.24) is 10.2 Å². The highest BCUT2D eigenvalue weighted by molar-refractivity contribution is 5.74. The van der Waals surface area contributed by atoms with E-state index in [-0.39, 0.29) is 18.1 Å². The lowest BCUT2D eigenvalue weighted by atomic mass is 9.94. The van der Waals surface area contributed by atoms with Gasteiger partial charge in [-0.1, -0.05) is 17.7 Å². The highest BCUT2D eigenvalue weighted by Crippen LogP contribution is 2.20. The molecule has 4 nitrogen and oxygen atoms in total. The zero-order valence-corrected chi connectivity index (χ0v) is 14.1. The number of benzene rings is 1. The molecule has 22 heavy (non-hydrogen) atoms. The van der Waals surface area contributed by atoms with Crippen LogP contribution in [-0.4, -0.2) is 35.2 Å². The summed E-state index contributed by atoms with van der Waals surface area (Å²) in [6.45, 7) is 10.1. The van der Waals surface area contributed by atoms with Crippen LogP contribution >= 0.6 is 0 Å². The summed E-state index contributed by atoms with van der Waals surface area (Å²) < 4.78 is 0. The third-order valence-electron chi connectivity index (χ3n) is 4.68. The fourth-order valence-electron chi connectivity index (χ4n) is 3.35. The summed E-state index contributed by atoms with van der Waals surface area (Å²) >= 11 is 0. The van der Waals surface area contributed by atoms with E-state index in [1.165, 1.54) is 22.3 Å². The van der Waals surface area contributed by atoms with Gasteiger partial charge in [0.05, 0.1) is 6.10 Å². The normalized spacial score (nSPS) is 19.9. The Kier molecular flexibility index (Phi) is 5.46. The molecule has 0 aliphatic carbocycles. The molecular formula is C18H28N2O2. The van der Waals surface area contributed by atoms with Gasteiger partial charge in [-0.2, -0.15) is 0 Å². The number of hydrogen-bond acceptors (Lipinski definition) is 2. The second-order valence-corrected chi connectivity index (χ2v) is 6.62. The molecule has 0 aromatic heterocycles. The first-order chi connectivity index (χ1) is 10.4. The first-order valence-electron chi connectivity index (χ1n) is 8.16. The first kappa shape index (κ1) is 16.8. The molecule has 0 saturated carbocycles. The molecule has 0 spiro atoms. The van der Waals surface area contributed by atoms with Gasteiger partial charge in [0.25, 0.3) is 0 Å². The van der Waals surface area contributed by atoms with Gasteiger partial charge in [0.2, 0.25) is 0 Å². The van der Waals surface area contributed by atoms with Gasteiger partial charge in [-0.15, -0.1) is 0 Å². The lowest BCUT2D eigenvalue weighted by Crippen LogP contribution is -2.47. The van der Waals surface area contributed by atoms with Gasteiger partial charge in [-0.25, -0.2) is 4.79 Å². The van der Waals surface area contributed by atoms with Crippen molar-refractivity contribution >= 4 is 6.03 Å². The van der Waals surface area contributed by atoms with E-state index in [4.69, 9.17) is 0 Å². The lowest BCUT2D eigenvalue weighted by molar-refractivity contribution is 0.0738. The van der Waals surface area contributed by atoms with Crippen LogP contribution in [0.2, 0.25) is 0 Å². The number of carbonyl (C=O) groups excluding carboxylic acids is 1. The van der Waals surface area contributed by atoms with Gasteiger partial charge < -0.3 is 15.3 Å². The average Bonchev–Trinajstić information content (AvgIpc) is 2.46. The van der Waals surface area contributed by atoms with Crippen molar-refractivity contribution in [2.45, 2.75) is 53.2 Å². The molecule has 2 rings (SSSR count). The zero-order chi connectivity index (χ0) is 16.3. The summed E-state index contributed by atoms with van der Waals surface area (Å²) in [6, 6.07) is 4.28. The molecule has 0 unspecified atom stereocenters. The SMILES string of the molecule is Cc1cc(C)c(CNC(=O)N2CCC[C@H]([C@@H](C)O)C2)c(C)c1. The maximum absolute atomic E-state index is 12.4. The Balaban J connectivity index is 1.95. The largest absolute Gasteiger partial charge is 0.393 e. The maximum atomic E-state index is 12.4. The second kappa shape index (κ2) is 7.14. The fourth-order valence-corrected chi connectivity index (χ4v) is 3.35. The predicted molar refractivity (Wildman–Crippen MR) is 88.9 cm³/mol. The van der Waals surface area contributed by atoms with E-state index in [0.717, 1.165) is 19.4 Å². The number of aryl methyl sites for hydroxylation is 3. The van der Waals surface area contributed by atoms with Crippen molar-refractivity contribution in [3.63, 3.8) is 0 Å². The van der Waals surface area contributed by atoms with Crippen LogP contribution in [0.5, 0.6) is 0 Å². The standard InChI is InChI=1S/C18H28N2O2/c1-12-8-13(2)17(14(3)9-12)10-19-18(22)20-7-5-6-16(11-20)15(4)21/h8-9,15-16,21H,5-7,10-11H2,1-4H3,(H,19,22)/t15-,16+/m1/s1. The molecule has 2 atom stereocenters. The predicted octanol–water partition coefficient (Wildman–Crippen LogP) is 2.91. The minimum Gasteiger partial charge on any atom is -0.393 e. The molecule has 2 N–H and O–H groups in total. The van der Waals surface area contributed by atoms with Crippen LogP contribution in [0.4, 0.5) is 4.79 Å². The van der Waals surface area contributed by atoms with E-state index >= 15 is 0 Å². The van der Waals surface area contributed by atoms with E-state index in [1.54, 1.807) is 0 Å². The minimum atomic E-state index is -0.350. The number of aliphatic hydroxyl groups excluding tert-OH is 1. The number of nitrogens with one attached hydrogen (secondary N) is 1. The third-order valence-corrected chi connectivity index (χ3v) is 4.68. The van der Waals surface area contributed by atoms with Crippen molar-refractivity contribution in [3.8, 4) is 0 Å². The van der Waals surface area contributed by atoms with Crippen LogP contribution in [0.25, 0.3) is 0 Å². The van der Waals surface area contributed by atoms with Crippen molar-refractivity contribution < 1.29 is 9.90 Å². The number of amides is 2. The van der Waals surface area contributed by atoms with Gasteiger partial charge in [-0.05, 0) is 57.2 Å². The second-order valence-electron chi connectivity index (χ2n) is 6.62. The number of carbonyl (C=O) groups is 1. The molecule has 1 aliphatic heterocycles. The van der Waals surface area contributed by atoms with Crippen molar-refractivity contribution in [2.75, 3.05) is 13.1 Å². The van der Waals surface area contributed by atoms with Crippen LogP contribution in [0, 0.1) is 26.7 Å². The number of hydrogen-bond donors (Lipinski definition) is 2. The summed E-state index contributed by atoms with van der Waals surface area (Å²) in [5, 5.41) is 12.8. The van der Waals surface area contributed by atoms with Gasteiger partial charge in [0.1, 0.15) is 0 Å². The molecule has 1 aromatic rings. The van der Waals surface area contributed by atoms with E-state index in [0.29, 0.717) is 13.1 Å². The highest BCUT2D eigenvalue weighted by Gasteiger charge is 2.26. The fraction of sp³-hybridized carbons (Fsp3) is 0.611. The Labute approximate surface area is 133 Å². The maximum Gasteiger partial charge on any atom is 0.317 e. The molecular weight excluding hydrogens is 276 g/mol. The minimum absolute atomic E-state index is 0.0234. The number of rotatable bonds is 3. The van der Waals surface area contributed by atoms with Crippen LogP contribution in [0.3, 0.4) is 0 Å². The van der Waals surface area contributed by atoms with Gasteiger partial charge in [-0.3, -0.25) is 0 Å². The number of likely N-dealkylation sites (tertiary alicyclic amines) is 1. The summed E-state index contributed by atoms with van der Waals surface area (Å²) in [5.74, 6) is 0.197. The quantitative estimate of drug-likeness (QED) is 0.902. The van der Waals surface area contributed by atoms with Crippen LogP contribution in [0.1, 0.15) is 42.0 Å². The first-order valence-corrected chi connectivity index (χ1v) is 8.16. The highest BCUT2D eigenvalue weighted by atomic mass is 16.3. The number of aliphatic hydroxyl groups is 1. The van der Waals surface area contributed by atoms with Crippen LogP contribution in [0.15, 0.2) is 12.1 Å². The van der Waals surface area contributed by atoms with Gasteiger partial charge in [0, 0.05) is 25.6 Å². The Morgan fingerprint density at radius 3 is 2.59 bits per heavy atom. The Morgan fingerprint density at radius 1 is 1.36 bits per heavy atom. The molecule has 0 bridgehead atoms. The van der Waals surface area contributed by atoms with Gasteiger partial charge >= 0.3 is 6.03 Å². The van der Waals surface area contributed by atoms with Gasteiger partial charge in [0.15, 0.2) is 0 Å². The van der Waals surface area contributed by atoms with Crippen LogP contribution < -0.4 is 5.32 Å². The van der Waals surface area contributed by atoms with Crippen molar-refractivity contribution in [3.05, 3.63) is 34.4 Å². The van der Waals surface area contributed by atoms with E-state index in [1.807, 2.05) is 11.8 Å². The van der Waals surface area contributed by atoms with Crippen molar-refractivity contribution in [1.29, 1.82) is 0 Å². The Bertz CT molecular complexity index is 517. The third kappa shape index (κ3) is 4.01. The zero-order valence-electron chi connectivity index (χ0n) is 14.1. The van der Waals surface area contributed by atoms with E-state index in [9.17, 15) is 9.90 Å². The summed E-state index contributed by atoms with van der Waals surface area (Å²) in [4.78, 5) is 14.2. The number of urea groups is 1. The van der Waals surface area contributed by atoms with E-state index < -0.39 is 0 Å². The summed E-state index contributed by atoms with van der Waals surface area (Å²) in [5.41, 5.74) is 4.89. The molecule has 4 heteroatoms.